The number of aryl methyl sites for hydroxylation is 1. The lowest BCUT2D eigenvalue weighted by Crippen LogP contribution is -2.55. The standard InChI is InChI=1S/C20H20Cl2N2O3/c1-14(17-4-2-3-5-18(17)22)24(19(25)26)20(11-13-27-23-20)16-8-6-15(7-9-16)10-12-21/h2-9,11,13-14,23H,10,12H2,1H3,(H,25,26). The molecule has 0 fully saturated rings. The highest BCUT2D eigenvalue weighted by molar-refractivity contribution is 6.31. The van der Waals surface area contributed by atoms with Gasteiger partial charge in [-0.25, -0.2) is 4.79 Å². The Hall–Kier alpha value is -2.21. The van der Waals surface area contributed by atoms with Crippen LogP contribution in [0, 0.1) is 0 Å². The normalized spacial score (nSPS) is 19.5. The summed E-state index contributed by atoms with van der Waals surface area (Å²) in [5, 5.41) is 10.6. The predicted molar refractivity (Wildman–Crippen MR) is 106 cm³/mol. The van der Waals surface area contributed by atoms with E-state index in [0.29, 0.717) is 16.5 Å². The molecule has 2 N–H and O–H groups in total. The van der Waals surface area contributed by atoms with Crippen LogP contribution in [0.15, 0.2) is 60.9 Å². The maximum Gasteiger partial charge on any atom is 0.409 e. The first-order valence-corrected chi connectivity index (χ1v) is 9.43. The van der Waals surface area contributed by atoms with E-state index in [4.69, 9.17) is 28.0 Å². The summed E-state index contributed by atoms with van der Waals surface area (Å²) in [6.45, 7) is 1.80. The minimum absolute atomic E-state index is 0.506. The van der Waals surface area contributed by atoms with Crippen LogP contribution >= 0.6 is 23.2 Å². The van der Waals surface area contributed by atoms with Crippen LogP contribution < -0.4 is 5.48 Å². The van der Waals surface area contributed by atoms with Crippen LogP contribution in [0.5, 0.6) is 0 Å². The van der Waals surface area contributed by atoms with Crippen LogP contribution in [0.1, 0.15) is 29.7 Å². The van der Waals surface area contributed by atoms with Gasteiger partial charge < -0.3 is 9.94 Å². The van der Waals surface area contributed by atoms with Crippen LogP contribution in [0.25, 0.3) is 0 Å². The third kappa shape index (κ3) is 3.76. The summed E-state index contributed by atoms with van der Waals surface area (Å²) in [7, 11) is 0. The fourth-order valence-corrected chi connectivity index (χ4v) is 3.84. The van der Waals surface area contributed by atoms with Crippen molar-refractivity contribution in [3.63, 3.8) is 0 Å². The predicted octanol–water partition coefficient (Wildman–Crippen LogP) is 5.06. The molecule has 2 unspecified atom stereocenters. The lowest BCUT2D eigenvalue weighted by Gasteiger charge is -2.41. The average Bonchev–Trinajstić information content (AvgIpc) is 3.13. The molecule has 1 amide bonds. The lowest BCUT2D eigenvalue weighted by atomic mass is 9.94. The van der Waals surface area contributed by atoms with Gasteiger partial charge in [-0.2, -0.15) is 0 Å². The van der Waals surface area contributed by atoms with Crippen LogP contribution in [0.2, 0.25) is 5.02 Å². The molecule has 7 heteroatoms. The van der Waals surface area contributed by atoms with E-state index in [2.05, 4.69) is 5.48 Å². The van der Waals surface area contributed by atoms with Crippen molar-refractivity contribution in [1.29, 1.82) is 0 Å². The van der Waals surface area contributed by atoms with E-state index in [1.807, 2.05) is 42.5 Å². The smallest absolute Gasteiger partial charge is 0.409 e. The Morgan fingerprint density at radius 3 is 2.52 bits per heavy atom. The zero-order valence-corrected chi connectivity index (χ0v) is 16.2. The van der Waals surface area contributed by atoms with Crippen molar-refractivity contribution in [1.82, 2.24) is 10.4 Å². The SMILES string of the molecule is CC(c1ccccc1Cl)N(C(=O)O)C1(c2ccc(CCCl)cc2)C=CON1. The molecule has 27 heavy (non-hydrogen) atoms. The fourth-order valence-electron chi connectivity index (χ4n) is 3.32. The van der Waals surface area contributed by atoms with Gasteiger partial charge in [0.1, 0.15) is 6.26 Å². The molecule has 142 valence electrons. The molecule has 0 radical (unpaired) electrons. The number of hydroxylamine groups is 1. The quantitative estimate of drug-likeness (QED) is 0.657. The van der Waals surface area contributed by atoms with E-state index in [9.17, 15) is 9.90 Å². The molecule has 0 bridgehead atoms. The molecule has 0 saturated heterocycles. The molecular weight excluding hydrogens is 387 g/mol. The number of nitrogens with zero attached hydrogens (tertiary/aromatic N) is 1. The Bertz CT molecular complexity index is 841. The Balaban J connectivity index is 2.06. The largest absolute Gasteiger partial charge is 0.465 e. The molecule has 1 aliphatic heterocycles. The molecule has 3 rings (SSSR count). The van der Waals surface area contributed by atoms with E-state index < -0.39 is 17.8 Å². The Morgan fingerprint density at radius 1 is 1.26 bits per heavy atom. The highest BCUT2D eigenvalue weighted by Gasteiger charge is 2.46. The first kappa shape index (κ1) is 19.5. The molecule has 0 aliphatic carbocycles. The molecule has 1 aliphatic rings. The summed E-state index contributed by atoms with van der Waals surface area (Å²) < 4.78 is 0. The highest BCUT2D eigenvalue weighted by atomic mass is 35.5. The summed E-state index contributed by atoms with van der Waals surface area (Å²) in [5.74, 6) is 0.524. The van der Waals surface area contributed by atoms with Crippen LogP contribution in [-0.2, 0) is 16.9 Å². The molecule has 2 aromatic rings. The number of alkyl halides is 1. The van der Waals surface area contributed by atoms with Gasteiger partial charge in [0, 0.05) is 17.0 Å². The summed E-state index contributed by atoms with van der Waals surface area (Å²) >= 11 is 12.1. The van der Waals surface area contributed by atoms with Crippen LogP contribution in [-0.4, -0.2) is 22.0 Å². The second-order valence-corrected chi connectivity index (χ2v) is 7.06. The lowest BCUT2D eigenvalue weighted by molar-refractivity contribution is -0.0152. The van der Waals surface area contributed by atoms with Crippen molar-refractivity contribution < 1.29 is 14.7 Å². The topological polar surface area (TPSA) is 61.8 Å². The molecule has 0 aromatic heterocycles. The van der Waals surface area contributed by atoms with E-state index >= 15 is 0 Å². The minimum Gasteiger partial charge on any atom is -0.465 e. The van der Waals surface area contributed by atoms with Gasteiger partial charge in [-0.05, 0) is 36.1 Å². The zero-order valence-electron chi connectivity index (χ0n) is 14.7. The number of hydrogen-bond acceptors (Lipinski definition) is 3. The summed E-state index contributed by atoms with van der Waals surface area (Å²) in [4.78, 5) is 18.8. The number of hydrogen-bond donors (Lipinski definition) is 2. The van der Waals surface area contributed by atoms with E-state index in [-0.39, 0.29) is 0 Å². The second kappa shape index (κ2) is 8.21. The molecule has 2 aromatic carbocycles. The van der Waals surface area contributed by atoms with Crippen molar-refractivity contribution in [3.8, 4) is 0 Å². The number of halogens is 2. The van der Waals surface area contributed by atoms with E-state index in [0.717, 1.165) is 17.5 Å². The van der Waals surface area contributed by atoms with Crippen molar-refractivity contribution in [2.75, 3.05) is 5.88 Å². The maximum atomic E-state index is 12.3. The average molecular weight is 407 g/mol. The third-order valence-corrected chi connectivity index (χ3v) is 5.23. The number of amides is 1. The molecule has 2 atom stereocenters. The number of carboxylic acid groups (broad SMARTS) is 1. The monoisotopic (exact) mass is 406 g/mol. The number of rotatable bonds is 6. The van der Waals surface area contributed by atoms with Gasteiger partial charge in [-0.15, -0.1) is 17.1 Å². The number of carbonyl (C=O) groups is 1. The van der Waals surface area contributed by atoms with Crippen molar-refractivity contribution in [3.05, 3.63) is 82.6 Å². The molecular formula is C20H20Cl2N2O3. The fraction of sp³-hybridized carbons (Fsp3) is 0.250. The molecule has 1 heterocycles. The maximum absolute atomic E-state index is 12.3. The summed E-state index contributed by atoms with van der Waals surface area (Å²) in [6, 6.07) is 14.3. The van der Waals surface area contributed by atoms with Gasteiger partial charge in [0.2, 0.25) is 0 Å². The Morgan fingerprint density at radius 2 is 1.96 bits per heavy atom. The minimum atomic E-state index is -1.18. The van der Waals surface area contributed by atoms with Crippen LogP contribution in [0.3, 0.4) is 0 Å². The van der Waals surface area contributed by atoms with E-state index in [1.165, 1.54) is 11.2 Å². The molecule has 0 saturated carbocycles. The van der Waals surface area contributed by atoms with Crippen molar-refractivity contribution >= 4 is 29.3 Å². The summed E-state index contributed by atoms with van der Waals surface area (Å²) in [5.41, 5.74) is 4.20. The summed E-state index contributed by atoms with van der Waals surface area (Å²) in [6.07, 6.45) is 2.77. The second-order valence-electron chi connectivity index (χ2n) is 6.28. The molecule has 0 spiro atoms. The Labute approximate surface area is 168 Å². The van der Waals surface area contributed by atoms with Gasteiger partial charge in [0.15, 0.2) is 5.66 Å². The van der Waals surface area contributed by atoms with Gasteiger partial charge >= 0.3 is 6.09 Å². The van der Waals surface area contributed by atoms with Gasteiger partial charge in [-0.1, -0.05) is 54.1 Å². The van der Waals surface area contributed by atoms with Crippen molar-refractivity contribution in [2.24, 2.45) is 0 Å². The first-order valence-electron chi connectivity index (χ1n) is 8.52. The van der Waals surface area contributed by atoms with Crippen LogP contribution in [0.4, 0.5) is 4.79 Å². The highest BCUT2D eigenvalue weighted by Crippen LogP contribution is 2.39. The zero-order chi connectivity index (χ0) is 19.4. The third-order valence-electron chi connectivity index (χ3n) is 4.70. The Kier molecular flexibility index (Phi) is 5.95. The van der Waals surface area contributed by atoms with E-state index in [1.54, 1.807) is 19.1 Å². The number of nitrogens with one attached hydrogen (secondary N) is 1. The molecule has 5 nitrogen and oxygen atoms in total. The van der Waals surface area contributed by atoms with Gasteiger partial charge in [0.05, 0.1) is 6.04 Å². The van der Waals surface area contributed by atoms with Crippen molar-refractivity contribution in [2.45, 2.75) is 25.0 Å². The number of benzene rings is 2. The van der Waals surface area contributed by atoms with Gasteiger partial charge in [-0.3, -0.25) is 4.90 Å². The van der Waals surface area contributed by atoms with Gasteiger partial charge in [0.25, 0.3) is 0 Å². The first-order chi connectivity index (χ1) is 13.0.